The first-order chi connectivity index (χ1) is 6.21. The smallest absolute Gasteiger partial charge is 0.0587 e. The highest BCUT2D eigenvalue weighted by Gasteiger charge is 2.38. The molecule has 1 rings (SSSR count). The molecule has 1 N–H and O–H groups in total. The zero-order valence-corrected chi connectivity index (χ0v) is 9.23. The van der Waals surface area contributed by atoms with Crippen molar-refractivity contribution >= 4 is 0 Å². The van der Waals surface area contributed by atoms with Gasteiger partial charge in [0.2, 0.25) is 0 Å². The number of methoxy groups -OCH3 is 1. The number of hydrogen-bond acceptors (Lipinski definition) is 2. The Morgan fingerprint density at radius 1 is 1.38 bits per heavy atom. The van der Waals surface area contributed by atoms with Crippen LogP contribution in [0.25, 0.3) is 0 Å². The summed E-state index contributed by atoms with van der Waals surface area (Å²) in [7, 11) is 1.75. The van der Waals surface area contributed by atoms with Crippen LogP contribution in [0.4, 0.5) is 0 Å². The van der Waals surface area contributed by atoms with Crippen LogP contribution in [0.2, 0.25) is 0 Å². The molecule has 2 heteroatoms. The first kappa shape index (κ1) is 11.0. The molecule has 1 saturated carbocycles. The summed E-state index contributed by atoms with van der Waals surface area (Å²) in [4.78, 5) is 0. The SMILES string of the molecule is COCCNCC1(C(C)C)CCC1. The quantitative estimate of drug-likeness (QED) is 0.639. The molecular formula is C11H23NO. The van der Waals surface area contributed by atoms with Crippen LogP contribution >= 0.6 is 0 Å². The molecule has 0 radical (unpaired) electrons. The highest BCUT2D eigenvalue weighted by atomic mass is 16.5. The second kappa shape index (κ2) is 4.97. The number of hydrogen-bond donors (Lipinski definition) is 1. The Morgan fingerprint density at radius 2 is 2.08 bits per heavy atom. The van der Waals surface area contributed by atoms with Crippen molar-refractivity contribution in [1.82, 2.24) is 5.32 Å². The van der Waals surface area contributed by atoms with Crippen molar-refractivity contribution < 1.29 is 4.74 Å². The fraction of sp³-hybridized carbons (Fsp3) is 1.00. The van der Waals surface area contributed by atoms with Crippen molar-refractivity contribution in [3.63, 3.8) is 0 Å². The standard InChI is InChI=1S/C11H23NO/c1-10(2)11(5-4-6-11)9-12-7-8-13-3/h10,12H,4-9H2,1-3H3. The predicted octanol–water partition coefficient (Wildman–Crippen LogP) is 2.05. The Morgan fingerprint density at radius 3 is 2.46 bits per heavy atom. The van der Waals surface area contributed by atoms with E-state index in [1.54, 1.807) is 7.11 Å². The molecule has 0 aromatic carbocycles. The third kappa shape index (κ3) is 2.68. The van der Waals surface area contributed by atoms with Gasteiger partial charge in [0.05, 0.1) is 6.61 Å². The van der Waals surface area contributed by atoms with Crippen LogP contribution in [0, 0.1) is 11.3 Å². The van der Waals surface area contributed by atoms with Gasteiger partial charge in [0.15, 0.2) is 0 Å². The summed E-state index contributed by atoms with van der Waals surface area (Å²) in [5.74, 6) is 0.816. The fourth-order valence-corrected chi connectivity index (χ4v) is 2.10. The van der Waals surface area contributed by atoms with Crippen LogP contribution in [0.3, 0.4) is 0 Å². The van der Waals surface area contributed by atoms with Gasteiger partial charge in [0, 0.05) is 20.2 Å². The molecule has 0 aromatic rings. The Kier molecular flexibility index (Phi) is 4.20. The molecule has 78 valence electrons. The first-order valence-corrected chi connectivity index (χ1v) is 5.41. The normalized spacial score (nSPS) is 20.3. The molecule has 0 heterocycles. The summed E-state index contributed by atoms with van der Waals surface area (Å²) >= 11 is 0. The zero-order valence-electron chi connectivity index (χ0n) is 9.23. The lowest BCUT2D eigenvalue weighted by Gasteiger charge is -2.46. The zero-order chi connectivity index (χ0) is 9.73. The maximum Gasteiger partial charge on any atom is 0.0587 e. The van der Waals surface area contributed by atoms with E-state index in [1.165, 1.54) is 25.8 Å². The van der Waals surface area contributed by atoms with Crippen molar-refractivity contribution in [2.75, 3.05) is 26.8 Å². The summed E-state index contributed by atoms with van der Waals surface area (Å²) < 4.78 is 5.01. The molecule has 1 aliphatic rings. The minimum Gasteiger partial charge on any atom is -0.383 e. The van der Waals surface area contributed by atoms with Gasteiger partial charge in [-0.05, 0) is 24.2 Å². The summed E-state index contributed by atoms with van der Waals surface area (Å²) in [5, 5.41) is 3.49. The Labute approximate surface area is 82.0 Å². The van der Waals surface area contributed by atoms with Crippen LogP contribution in [0.5, 0.6) is 0 Å². The van der Waals surface area contributed by atoms with Gasteiger partial charge >= 0.3 is 0 Å². The van der Waals surface area contributed by atoms with Gasteiger partial charge in [-0.1, -0.05) is 20.3 Å². The Bertz CT molecular complexity index is 141. The van der Waals surface area contributed by atoms with Crippen LogP contribution < -0.4 is 5.32 Å². The van der Waals surface area contributed by atoms with Gasteiger partial charge in [-0.3, -0.25) is 0 Å². The largest absolute Gasteiger partial charge is 0.383 e. The lowest BCUT2D eigenvalue weighted by molar-refractivity contribution is 0.0653. The third-order valence-electron chi connectivity index (χ3n) is 3.53. The molecule has 0 amide bonds. The van der Waals surface area contributed by atoms with E-state index in [0.29, 0.717) is 5.41 Å². The van der Waals surface area contributed by atoms with Crippen molar-refractivity contribution in [2.24, 2.45) is 11.3 Å². The van der Waals surface area contributed by atoms with Crippen molar-refractivity contribution in [3.05, 3.63) is 0 Å². The molecule has 1 aliphatic carbocycles. The van der Waals surface area contributed by atoms with Gasteiger partial charge in [0.25, 0.3) is 0 Å². The number of nitrogens with one attached hydrogen (secondary N) is 1. The number of rotatable bonds is 6. The molecule has 0 saturated heterocycles. The van der Waals surface area contributed by atoms with E-state index in [2.05, 4.69) is 19.2 Å². The summed E-state index contributed by atoms with van der Waals surface area (Å²) in [5.41, 5.74) is 0.605. The molecule has 0 aromatic heterocycles. The topological polar surface area (TPSA) is 21.3 Å². The van der Waals surface area contributed by atoms with Crippen molar-refractivity contribution in [3.8, 4) is 0 Å². The Hall–Kier alpha value is -0.0800. The molecule has 0 bridgehead atoms. The van der Waals surface area contributed by atoms with Gasteiger partial charge in [-0.15, -0.1) is 0 Å². The van der Waals surface area contributed by atoms with Crippen molar-refractivity contribution in [2.45, 2.75) is 33.1 Å². The van der Waals surface area contributed by atoms with Gasteiger partial charge in [0.1, 0.15) is 0 Å². The van der Waals surface area contributed by atoms with Crippen LogP contribution in [-0.4, -0.2) is 26.8 Å². The summed E-state index contributed by atoms with van der Waals surface area (Å²) in [6.07, 6.45) is 4.24. The van der Waals surface area contributed by atoms with E-state index in [1.807, 2.05) is 0 Å². The second-order valence-electron chi connectivity index (χ2n) is 4.54. The van der Waals surface area contributed by atoms with E-state index in [-0.39, 0.29) is 0 Å². The highest BCUT2D eigenvalue weighted by Crippen LogP contribution is 2.46. The van der Waals surface area contributed by atoms with E-state index in [4.69, 9.17) is 4.74 Å². The monoisotopic (exact) mass is 185 g/mol. The van der Waals surface area contributed by atoms with E-state index >= 15 is 0 Å². The van der Waals surface area contributed by atoms with E-state index in [0.717, 1.165) is 19.1 Å². The van der Waals surface area contributed by atoms with Gasteiger partial charge in [-0.25, -0.2) is 0 Å². The minimum absolute atomic E-state index is 0.605. The first-order valence-electron chi connectivity index (χ1n) is 5.41. The average Bonchev–Trinajstić information content (AvgIpc) is 2.01. The molecule has 1 fully saturated rings. The minimum atomic E-state index is 0.605. The molecule has 2 nitrogen and oxygen atoms in total. The van der Waals surface area contributed by atoms with Crippen LogP contribution in [-0.2, 0) is 4.74 Å². The third-order valence-corrected chi connectivity index (χ3v) is 3.53. The number of ether oxygens (including phenoxy) is 1. The van der Waals surface area contributed by atoms with E-state index < -0.39 is 0 Å². The van der Waals surface area contributed by atoms with Crippen molar-refractivity contribution in [1.29, 1.82) is 0 Å². The molecular weight excluding hydrogens is 162 g/mol. The lowest BCUT2D eigenvalue weighted by Crippen LogP contribution is -2.44. The van der Waals surface area contributed by atoms with Crippen LogP contribution in [0.15, 0.2) is 0 Å². The van der Waals surface area contributed by atoms with Gasteiger partial charge < -0.3 is 10.1 Å². The summed E-state index contributed by atoms with van der Waals surface area (Å²) in [6, 6.07) is 0. The predicted molar refractivity (Wildman–Crippen MR) is 55.9 cm³/mol. The Balaban J connectivity index is 2.17. The molecule has 0 unspecified atom stereocenters. The molecule has 0 spiro atoms. The highest BCUT2D eigenvalue weighted by molar-refractivity contribution is 4.91. The molecule has 13 heavy (non-hydrogen) atoms. The van der Waals surface area contributed by atoms with Gasteiger partial charge in [-0.2, -0.15) is 0 Å². The van der Waals surface area contributed by atoms with Crippen LogP contribution in [0.1, 0.15) is 33.1 Å². The van der Waals surface area contributed by atoms with E-state index in [9.17, 15) is 0 Å². The maximum absolute atomic E-state index is 5.01. The molecule has 0 atom stereocenters. The lowest BCUT2D eigenvalue weighted by atomic mass is 9.62. The fourth-order valence-electron chi connectivity index (χ4n) is 2.10. The summed E-state index contributed by atoms with van der Waals surface area (Å²) in [6.45, 7) is 7.68. The second-order valence-corrected chi connectivity index (χ2v) is 4.54. The average molecular weight is 185 g/mol. The maximum atomic E-state index is 5.01. The molecule has 0 aliphatic heterocycles.